The maximum Gasteiger partial charge on any atom is 0.257 e. The van der Waals surface area contributed by atoms with Crippen molar-refractivity contribution in [2.24, 2.45) is 0 Å². The van der Waals surface area contributed by atoms with Gasteiger partial charge in [-0.1, -0.05) is 40.0 Å². The first-order valence-electron chi connectivity index (χ1n) is 12.5. The quantitative estimate of drug-likeness (QED) is 0.200. The highest BCUT2D eigenvalue weighted by Gasteiger charge is 2.12. The van der Waals surface area contributed by atoms with E-state index in [1.807, 2.05) is 0 Å². The topological polar surface area (TPSA) is 82.7 Å². The molecular formula is C27H37BrN4O3S. The zero-order valence-electron chi connectivity index (χ0n) is 21.4. The summed E-state index contributed by atoms with van der Waals surface area (Å²) in [6.07, 6.45) is 4.54. The lowest BCUT2D eigenvalue weighted by atomic mass is 10.2. The Morgan fingerprint density at radius 3 is 2.28 bits per heavy atom. The van der Waals surface area contributed by atoms with Gasteiger partial charge in [-0.05, 0) is 90.1 Å². The first-order valence-corrected chi connectivity index (χ1v) is 13.7. The maximum atomic E-state index is 12.6. The third-order valence-electron chi connectivity index (χ3n) is 5.69. The van der Waals surface area contributed by atoms with Gasteiger partial charge in [0.15, 0.2) is 5.11 Å². The van der Waals surface area contributed by atoms with Gasteiger partial charge in [0.2, 0.25) is 0 Å². The highest BCUT2D eigenvalue weighted by Crippen LogP contribution is 2.26. The summed E-state index contributed by atoms with van der Waals surface area (Å²) in [6, 6.07) is 12.1. The second kappa shape index (κ2) is 16.3. The molecule has 0 unspecified atom stereocenters. The molecule has 0 radical (unpaired) electrons. The molecule has 0 aliphatic rings. The zero-order chi connectivity index (χ0) is 26.3. The third-order valence-corrected chi connectivity index (χ3v) is 6.51. The number of amides is 2. The van der Waals surface area contributed by atoms with Crippen molar-refractivity contribution in [3.05, 3.63) is 58.1 Å². The number of likely N-dealkylation sites (N-methyl/N-ethyl adjacent to an activating group) is 1. The van der Waals surface area contributed by atoms with Gasteiger partial charge in [-0.25, -0.2) is 0 Å². The number of halogens is 1. The Bertz CT molecular complexity index is 997. The van der Waals surface area contributed by atoms with Crippen molar-refractivity contribution in [2.45, 2.75) is 46.5 Å². The number of anilines is 1. The molecule has 36 heavy (non-hydrogen) atoms. The van der Waals surface area contributed by atoms with Crippen LogP contribution in [0.25, 0.3) is 0 Å². The number of hydrogen-bond acceptors (Lipinski definition) is 5. The Morgan fingerprint density at radius 1 is 0.944 bits per heavy atom. The molecule has 0 aromatic heterocycles. The molecule has 7 nitrogen and oxygen atoms in total. The molecule has 0 fully saturated rings. The van der Waals surface area contributed by atoms with E-state index in [2.05, 4.69) is 57.6 Å². The van der Waals surface area contributed by atoms with Crippen LogP contribution < -0.4 is 20.7 Å². The summed E-state index contributed by atoms with van der Waals surface area (Å²) in [5.74, 6) is 0.261. The number of thiocarbonyl (C=S) groups is 1. The minimum atomic E-state index is -0.327. The number of benzene rings is 2. The number of carbonyl (C=O) groups excluding carboxylic acids is 2. The van der Waals surface area contributed by atoms with Gasteiger partial charge in [0, 0.05) is 29.9 Å². The monoisotopic (exact) mass is 576 g/mol. The standard InChI is InChI=1S/C27H37BrN4O3S/c1-4-7-8-9-18-35-24-15-12-21(19-23(24)28)26(34)31-27(36)30-22-13-10-20(11-14-22)25(33)29-16-17-32(5-2)6-3/h10-15,19H,4-9,16-18H2,1-3H3,(H,29,33)(H2,30,31,34,36). The third kappa shape index (κ3) is 10.2. The fraction of sp³-hybridized carbons (Fsp3) is 0.444. The van der Waals surface area contributed by atoms with E-state index in [9.17, 15) is 9.59 Å². The number of hydrogen-bond donors (Lipinski definition) is 3. The van der Waals surface area contributed by atoms with Gasteiger partial charge in [-0.15, -0.1) is 0 Å². The van der Waals surface area contributed by atoms with Crippen molar-refractivity contribution in [2.75, 3.05) is 38.1 Å². The van der Waals surface area contributed by atoms with E-state index in [0.717, 1.165) is 36.9 Å². The van der Waals surface area contributed by atoms with Gasteiger partial charge < -0.3 is 20.3 Å². The highest BCUT2D eigenvalue weighted by atomic mass is 79.9. The number of nitrogens with one attached hydrogen (secondary N) is 3. The molecule has 0 aliphatic heterocycles. The molecule has 196 valence electrons. The van der Waals surface area contributed by atoms with Gasteiger partial charge >= 0.3 is 0 Å². The lowest BCUT2D eigenvalue weighted by Gasteiger charge is -2.18. The molecule has 9 heteroatoms. The van der Waals surface area contributed by atoms with Crippen LogP contribution in [0.5, 0.6) is 5.75 Å². The van der Waals surface area contributed by atoms with Crippen molar-refractivity contribution in [1.82, 2.24) is 15.5 Å². The van der Waals surface area contributed by atoms with Crippen molar-refractivity contribution in [1.29, 1.82) is 0 Å². The molecule has 0 heterocycles. The van der Waals surface area contributed by atoms with E-state index in [4.69, 9.17) is 17.0 Å². The molecule has 2 amide bonds. The lowest BCUT2D eigenvalue weighted by Crippen LogP contribution is -2.35. The molecule has 2 aromatic carbocycles. The molecule has 2 rings (SSSR count). The maximum absolute atomic E-state index is 12.6. The number of unbranched alkanes of at least 4 members (excludes halogenated alkanes) is 3. The van der Waals surface area contributed by atoms with E-state index in [1.54, 1.807) is 42.5 Å². The van der Waals surface area contributed by atoms with Crippen molar-refractivity contribution in [3.8, 4) is 5.75 Å². The van der Waals surface area contributed by atoms with Crippen molar-refractivity contribution < 1.29 is 14.3 Å². The van der Waals surface area contributed by atoms with Gasteiger partial charge in [0.1, 0.15) is 5.75 Å². The van der Waals surface area contributed by atoms with Gasteiger partial charge in [-0.2, -0.15) is 0 Å². The molecule has 0 saturated carbocycles. The van der Waals surface area contributed by atoms with Crippen molar-refractivity contribution in [3.63, 3.8) is 0 Å². The fourth-order valence-electron chi connectivity index (χ4n) is 3.48. The first-order chi connectivity index (χ1) is 17.4. The Hall–Kier alpha value is -2.49. The summed E-state index contributed by atoms with van der Waals surface area (Å²) in [4.78, 5) is 27.2. The van der Waals surface area contributed by atoms with Crippen molar-refractivity contribution >= 4 is 50.8 Å². The largest absolute Gasteiger partial charge is 0.492 e. The van der Waals surface area contributed by atoms with Crippen LogP contribution in [0.3, 0.4) is 0 Å². The summed E-state index contributed by atoms with van der Waals surface area (Å²) >= 11 is 8.77. The van der Waals surface area contributed by atoms with E-state index < -0.39 is 0 Å². The second-order valence-electron chi connectivity index (χ2n) is 8.32. The van der Waals surface area contributed by atoms with E-state index in [1.165, 1.54) is 12.8 Å². The SMILES string of the molecule is CCCCCCOc1ccc(C(=O)NC(=S)Nc2ccc(C(=O)NCCN(CC)CC)cc2)cc1Br. The minimum absolute atomic E-state index is 0.122. The van der Waals surface area contributed by atoms with Crippen LogP contribution >= 0.6 is 28.1 Å². The fourth-order valence-corrected chi connectivity index (χ4v) is 4.19. The Balaban J connectivity index is 1.81. The normalized spacial score (nSPS) is 10.7. The number of carbonyl (C=O) groups is 2. The van der Waals surface area contributed by atoms with Crippen LogP contribution in [0, 0.1) is 0 Å². The van der Waals surface area contributed by atoms with Crippen LogP contribution in [0.4, 0.5) is 5.69 Å². The van der Waals surface area contributed by atoms with E-state index in [-0.39, 0.29) is 16.9 Å². The van der Waals surface area contributed by atoms with Gasteiger partial charge in [-0.3, -0.25) is 14.9 Å². The molecule has 0 spiro atoms. The molecule has 0 saturated heterocycles. The average molecular weight is 578 g/mol. The number of ether oxygens (including phenoxy) is 1. The van der Waals surface area contributed by atoms with Crippen LogP contribution in [-0.4, -0.2) is 54.6 Å². The van der Waals surface area contributed by atoms with Crippen LogP contribution in [0.15, 0.2) is 46.9 Å². The second-order valence-corrected chi connectivity index (χ2v) is 9.59. The van der Waals surface area contributed by atoms with Crippen LogP contribution in [-0.2, 0) is 0 Å². The molecule has 3 N–H and O–H groups in total. The number of nitrogens with zero attached hydrogens (tertiary/aromatic N) is 1. The van der Waals surface area contributed by atoms with E-state index >= 15 is 0 Å². The highest BCUT2D eigenvalue weighted by molar-refractivity contribution is 9.10. The first kappa shape index (κ1) is 29.7. The molecule has 2 aromatic rings. The Morgan fingerprint density at radius 2 is 1.64 bits per heavy atom. The predicted molar refractivity (Wildman–Crippen MR) is 154 cm³/mol. The van der Waals surface area contributed by atoms with Crippen LogP contribution in [0.1, 0.15) is 67.2 Å². The molecule has 0 aliphatic carbocycles. The zero-order valence-corrected chi connectivity index (χ0v) is 23.8. The molecule has 0 atom stereocenters. The minimum Gasteiger partial charge on any atom is -0.492 e. The van der Waals surface area contributed by atoms with Crippen LogP contribution in [0.2, 0.25) is 0 Å². The Labute approximate surface area is 228 Å². The summed E-state index contributed by atoms with van der Waals surface area (Å²) in [7, 11) is 0. The molecule has 0 bridgehead atoms. The summed E-state index contributed by atoms with van der Waals surface area (Å²) < 4.78 is 6.52. The predicted octanol–water partition coefficient (Wildman–Crippen LogP) is 5.61. The lowest BCUT2D eigenvalue weighted by molar-refractivity contribution is 0.0947. The van der Waals surface area contributed by atoms with Gasteiger partial charge in [0.25, 0.3) is 11.8 Å². The number of rotatable bonds is 14. The van der Waals surface area contributed by atoms with Gasteiger partial charge in [0.05, 0.1) is 11.1 Å². The smallest absolute Gasteiger partial charge is 0.257 e. The van der Waals surface area contributed by atoms with E-state index in [0.29, 0.717) is 35.7 Å². The average Bonchev–Trinajstić information content (AvgIpc) is 2.87. The Kier molecular flexibility index (Phi) is 13.5. The molecular weight excluding hydrogens is 540 g/mol. The summed E-state index contributed by atoms with van der Waals surface area (Å²) in [6.45, 7) is 10.4. The summed E-state index contributed by atoms with van der Waals surface area (Å²) in [5, 5.41) is 8.76. The summed E-state index contributed by atoms with van der Waals surface area (Å²) in [5.41, 5.74) is 1.70.